The highest BCUT2D eigenvalue weighted by Gasteiger charge is 2.16. The molecule has 1 aliphatic rings. The maximum absolute atomic E-state index is 11.4. The molecule has 0 aliphatic carbocycles. The van der Waals surface area contributed by atoms with Crippen LogP contribution >= 0.6 is 0 Å². The molecule has 1 saturated heterocycles. The van der Waals surface area contributed by atoms with E-state index in [0.29, 0.717) is 12.6 Å². The SMILES string of the molecule is CCCN1CCCC(NCCS(=O)(=O)CC)CC1. The van der Waals surface area contributed by atoms with E-state index in [1.807, 2.05) is 0 Å². The lowest BCUT2D eigenvalue weighted by Crippen LogP contribution is -2.34. The van der Waals surface area contributed by atoms with Gasteiger partial charge in [-0.15, -0.1) is 0 Å². The summed E-state index contributed by atoms with van der Waals surface area (Å²) in [5.74, 6) is 0.530. The Morgan fingerprint density at radius 1 is 1.22 bits per heavy atom. The predicted octanol–water partition coefficient (Wildman–Crippen LogP) is 1.28. The van der Waals surface area contributed by atoms with Crippen molar-refractivity contribution in [1.82, 2.24) is 10.2 Å². The van der Waals surface area contributed by atoms with E-state index < -0.39 is 9.84 Å². The Kier molecular flexibility index (Phi) is 7.19. The standard InChI is InChI=1S/C13H28N2O2S/c1-3-9-15-10-5-6-13(7-11-15)14-8-12-18(16,17)4-2/h13-14H,3-12H2,1-2H3. The summed E-state index contributed by atoms with van der Waals surface area (Å²) >= 11 is 0. The minimum absolute atomic E-state index is 0.254. The van der Waals surface area contributed by atoms with Crippen molar-refractivity contribution in [3.8, 4) is 0 Å². The third-order valence-electron chi connectivity index (χ3n) is 3.65. The van der Waals surface area contributed by atoms with Gasteiger partial charge in [-0.25, -0.2) is 8.42 Å². The maximum atomic E-state index is 11.4. The normalized spacial score (nSPS) is 22.9. The molecule has 1 unspecified atom stereocenters. The quantitative estimate of drug-likeness (QED) is 0.761. The van der Waals surface area contributed by atoms with E-state index in [9.17, 15) is 8.42 Å². The molecule has 5 heteroatoms. The second kappa shape index (κ2) is 8.12. The molecule has 0 radical (unpaired) electrons. The zero-order chi connectivity index (χ0) is 13.4. The molecule has 0 aromatic carbocycles. The van der Waals surface area contributed by atoms with Gasteiger partial charge in [0.05, 0.1) is 5.75 Å². The van der Waals surface area contributed by atoms with E-state index in [4.69, 9.17) is 0 Å². The van der Waals surface area contributed by atoms with Gasteiger partial charge in [0, 0.05) is 18.3 Å². The first-order valence-electron chi connectivity index (χ1n) is 7.23. The number of rotatable bonds is 7. The van der Waals surface area contributed by atoms with Gasteiger partial charge in [0.1, 0.15) is 0 Å². The van der Waals surface area contributed by atoms with Crippen LogP contribution in [0.4, 0.5) is 0 Å². The van der Waals surface area contributed by atoms with Crippen molar-refractivity contribution in [3.05, 3.63) is 0 Å². The first-order valence-corrected chi connectivity index (χ1v) is 9.05. The first-order chi connectivity index (χ1) is 8.57. The molecule has 108 valence electrons. The van der Waals surface area contributed by atoms with Crippen LogP contribution < -0.4 is 5.32 Å². The van der Waals surface area contributed by atoms with E-state index in [-0.39, 0.29) is 11.5 Å². The fourth-order valence-corrected chi connectivity index (χ4v) is 3.18. The van der Waals surface area contributed by atoms with Crippen molar-refractivity contribution in [2.45, 2.75) is 45.6 Å². The number of nitrogens with zero attached hydrogens (tertiary/aromatic N) is 1. The first kappa shape index (κ1) is 15.9. The van der Waals surface area contributed by atoms with E-state index >= 15 is 0 Å². The Morgan fingerprint density at radius 2 is 2.00 bits per heavy atom. The van der Waals surface area contributed by atoms with Crippen molar-refractivity contribution in [1.29, 1.82) is 0 Å². The van der Waals surface area contributed by atoms with E-state index in [0.717, 1.165) is 13.0 Å². The molecule has 0 bridgehead atoms. The Bertz CT molecular complexity index is 317. The monoisotopic (exact) mass is 276 g/mol. The minimum Gasteiger partial charge on any atom is -0.313 e. The molecule has 1 N–H and O–H groups in total. The van der Waals surface area contributed by atoms with Gasteiger partial charge in [-0.3, -0.25) is 0 Å². The van der Waals surface area contributed by atoms with E-state index in [2.05, 4.69) is 17.1 Å². The molecular weight excluding hydrogens is 248 g/mol. The van der Waals surface area contributed by atoms with Gasteiger partial charge in [0.2, 0.25) is 0 Å². The fourth-order valence-electron chi connectivity index (χ4n) is 2.46. The summed E-state index contributed by atoms with van der Waals surface area (Å²) in [7, 11) is -2.82. The third kappa shape index (κ3) is 6.16. The highest BCUT2D eigenvalue weighted by molar-refractivity contribution is 7.91. The summed E-state index contributed by atoms with van der Waals surface area (Å²) in [6, 6.07) is 0.499. The van der Waals surface area contributed by atoms with Crippen molar-refractivity contribution in [3.63, 3.8) is 0 Å². The molecule has 1 heterocycles. The van der Waals surface area contributed by atoms with Gasteiger partial charge < -0.3 is 10.2 Å². The lowest BCUT2D eigenvalue weighted by atomic mass is 10.1. The average Bonchev–Trinajstić information content (AvgIpc) is 2.56. The Morgan fingerprint density at radius 3 is 2.67 bits per heavy atom. The van der Waals surface area contributed by atoms with Gasteiger partial charge in [-0.1, -0.05) is 13.8 Å². The lowest BCUT2D eigenvalue weighted by molar-refractivity contribution is 0.283. The van der Waals surface area contributed by atoms with Crippen LogP contribution in [0.3, 0.4) is 0 Å². The van der Waals surface area contributed by atoms with Crippen molar-refractivity contribution in [2.24, 2.45) is 0 Å². The van der Waals surface area contributed by atoms with E-state index in [1.54, 1.807) is 6.92 Å². The number of hydrogen-bond donors (Lipinski definition) is 1. The molecule has 1 fully saturated rings. The van der Waals surface area contributed by atoms with Crippen LogP contribution in [-0.2, 0) is 9.84 Å². The van der Waals surface area contributed by atoms with Crippen molar-refractivity contribution >= 4 is 9.84 Å². The van der Waals surface area contributed by atoms with Gasteiger partial charge in [-0.05, 0) is 45.3 Å². The van der Waals surface area contributed by atoms with Crippen LogP contribution in [0.25, 0.3) is 0 Å². The summed E-state index contributed by atoms with van der Waals surface area (Å²) < 4.78 is 22.8. The van der Waals surface area contributed by atoms with Gasteiger partial charge in [0.25, 0.3) is 0 Å². The molecule has 0 amide bonds. The summed E-state index contributed by atoms with van der Waals surface area (Å²) in [5.41, 5.74) is 0. The molecule has 0 aromatic heterocycles. The Balaban J connectivity index is 2.23. The summed E-state index contributed by atoms with van der Waals surface area (Å²) in [6.07, 6.45) is 4.75. The molecule has 1 atom stereocenters. The zero-order valence-corrected chi connectivity index (χ0v) is 12.6. The summed E-state index contributed by atoms with van der Waals surface area (Å²) in [4.78, 5) is 2.52. The van der Waals surface area contributed by atoms with Crippen LogP contribution in [0, 0.1) is 0 Å². The second-order valence-electron chi connectivity index (χ2n) is 5.16. The van der Waals surface area contributed by atoms with Crippen molar-refractivity contribution < 1.29 is 8.42 Å². The Labute approximate surface area is 112 Å². The van der Waals surface area contributed by atoms with Gasteiger partial charge >= 0.3 is 0 Å². The van der Waals surface area contributed by atoms with Crippen LogP contribution in [-0.4, -0.2) is 57.0 Å². The van der Waals surface area contributed by atoms with Crippen LogP contribution in [0.1, 0.15) is 39.5 Å². The summed E-state index contributed by atoms with van der Waals surface area (Å²) in [6.45, 7) is 8.07. The van der Waals surface area contributed by atoms with Crippen LogP contribution in [0.15, 0.2) is 0 Å². The largest absolute Gasteiger partial charge is 0.313 e. The number of hydrogen-bond acceptors (Lipinski definition) is 4. The third-order valence-corrected chi connectivity index (χ3v) is 5.35. The van der Waals surface area contributed by atoms with Gasteiger partial charge in [0.15, 0.2) is 9.84 Å². The highest BCUT2D eigenvalue weighted by atomic mass is 32.2. The highest BCUT2D eigenvalue weighted by Crippen LogP contribution is 2.11. The molecule has 0 saturated carbocycles. The molecular formula is C13H28N2O2S. The van der Waals surface area contributed by atoms with Crippen molar-refractivity contribution in [2.75, 3.05) is 37.7 Å². The zero-order valence-electron chi connectivity index (χ0n) is 11.8. The Hall–Kier alpha value is -0.130. The van der Waals surface area contributed by atoms with Gasteiger partial charge in [-0.2, -0.15) is 0 Å². The second-order valence-corrected chi connectivity index (χ2v) is 7.63. The minimum atomic E-state index is -2.82. The number of likely N-dealkylation sites (tertiary alicyclic amines) is 1. The number of nitrogens with one attached hydrogen (secondary N) is 1. The molecule has 0 aromatic rings. The average molecular weight is 276 g/mol. The maximum Gasteiger partial charge on any atom is 0.151 e. The topological polar surface area (TPSA) is 49.4 Å². The molecule has 18 heavy (non-hydrogen) atoms. The lowest BCUT2D eigenvalue weighted by Gasteiger charge is -2.19. The molecule has 1 rings (SSSR count). The fraction of sp³-hybridized carbons (Fsp3) is 1.00. The van der Waals surface area contributed by atoms with Crippen LogP contribution in [0.5, 0.6) is 0 Å². The molecule has 4 nitrogen and oxygen atoms in total. The smallest absolute Gasteiger partial charge is 0.151 e. The molecule has 1 aliphatic heterocycles. The van der Waals surface area contributed by atoms with E-state index in [1.165, 1.54) is 32.4 Å². The van der Waals surface area contributed by atoms with Crippen LogP contribution in [0.2, 0.25) is 0 Å². The molecule has 0 spiro atoms. The predicted molar refractivity (Wildman–Crippen MR) is 76.7 cm³/mol. The number of sulfone groups is 1. The summed E-state index contributed by atoms with van der Waals surface area (Å²) in [5, 5.41) is 3.41.